The highest BCUT2D eigenvalue weighted by atomic mass is 32.1. The van der Waals surface area contributed by atoms with E-state index in [2.05, 4.69) is 31.3 Å². The molecule has 45 heavy (non-hydrogen) atoms. The van der Waals surface area contributed by atoms with Crippen LogP contribution in [-0.2, 0) is 12.8 Å². The van der Waals surface area contributed by atoms with E-state index in [1.165, 1.54) is 16.7 Å². The topological polar surface area (TPSA) is 103 Å². The lowest BCUT2D eigenvalue weighted by molar-refractivity contribution is -0.0769. The van der Waals surface area contributed by atoms with Crippen LogP contribution in [0.2, 0.25) is 0 Å². The Morgan fingerprint density at radius 2 is 1.98 bits per heavy atom. The number of thiophene rings is 1. The van der Waals surface area contributed by atoms with Gasteiger partial charge in [-0.2, -0.15) is 0 Å². The van der Waals surface area contributed by atoms with Gasteiger partial charge in [-0.15, -0.1) is 11.3 Å². The number of furan rings is 1. The van der Waals surface area contributed by atoms with Crippen LogP contribution in [0.5, 0.6) is 0 Å². The molecule has 2 aromatic heterocycles. The number of urea groups is 1. The number of nitrogens with one attached hydrogen (secondary N) is 1. The zero-order chi connectivity index (χ0) is 32.2. The first-order chi connectivity index (χ1) is 21.5. The van der Waals surface area contributed by atoms with Gasteiger partial charge in [0.05, 0.1) is 24.5 Å². The lowest BCUT2D eigenvalue weighted by atomic mass is 9.64. The second kappa shape index (κ2) is 14.1. The molecule has 0 radical (unpaired) electrons. The van der Waals surface area contributed by atoms with Crippen LogP contribution in [0.15, 0.2) is 70.2 Å². The zero-order valence-electron chi connectivity index (χ0n) is 27.1. The molecule has 3 aliphatic rings. The fourth-order valence-electron chi connectivity index (χ4n) is 7.34. The summed E-state index contributed by atoms with van der Waals surface area (Å²) in [6.45, 7) is 8.86. The van der Waals surface area contributed by atoms with Crippen LogP contribution in [0.25, 0.3) is 0 Å². The number of benzene rings is 1. The van der Waals surface area contributed by atoms with Crippen LogP contribution in [0.3, 0.4) is 0 Å². The van der Waals surface area contributed by atoms with E-state index in [0.29, 0.717) is 44.2 Å². The summed E-state index contributed by atoms with van der Waals surface area (Å²) in [7, 11) is 0. The Hall–Kier alpha value is -3.20. The molecule has 3 N–H and O–H groups in total. The molecule has 1 saturated carbocycles. The van der Waals surface area contributed by atoms with E-state index in [1.807, 2.05) is 43.5 Å². The zero-order valence-corrected chi connectivity index (χ0v) is 27.9. The number of hydrogen-bond acceptors (Lipinski definition) is 6. The van der Waals surface area contributed by atoms with E-state index in [-0.39, 0.29) is 36.1 Å². The predicted octanol–water partition coefficient (Wildman–Crippen LogP) is 7.27. The second-order valence-electron chi connectivity index (χ2n) is 13.6. The van der Waals surface area contributed by atoms with Gasteiger partial charge < -0.3 is 24.8 Å². The fourth-order valence-corrected chi connectivity index (χ4v) is 8.04. The number of fused-ring (bicyclic) bond motifs is 8. The molecule has 8 heteroatoms. The maximum absolute atomic E-state index is 13.9. The molecule has 3 aliphatic carbocycles. The normalized spacial score (nSPS) is 25.4. The summed E-state index contributed by atoms with van der Waals surface area (Å²) < 4.78 is 5.55. The molecular formula is C37H48N2O5S. The molecule has 3 aromatic rings. The van der Waals surface area contributed by atoms with Crippen molar-refractivity contribution in [3.05, 3.63) is 93.1 Å². The maximum Gasteiger partial charge on any atom is 0.317 e. The molecular weight excluding hydrogens is 584 g/mol. The molecule has 4 unspecified atom stereocenters. The van der Waals surface area contributed by atoms with Crippen LogP contribution >= 0.6 is 11.3 Å². The van der Waals surface area contributed by atoms with Gasteiger partial charge in [0.1, 0.15) is 0 Å². The number of carbonyl (C=O) groups excluding carboxylic acids is 2. The Kier molecular flexibility index (Phi) is 10.4. The van der Waals surface area contributed by atoms with Crippen molar-refractivity contribution in [2.75, 3.05) is 13.1 Å². The third-order valence-corrected chi connectivity index (χ3v) is 11.0. The van der Waals surface area contributed by atoms with Crippen molar-refractivity contribution in [1.29, 1.82) is 0 Å². The lowest BCUT2D eigenvalue weighted by Crippen LogP contribution is -2.56. The van der Waals surface area contributed by atoms with Crippen molar-refractivity contribution in [3.8, 4) is 0 Å². The Balaban J connectivity index is 1.55. The molecule has 1 aromatic carbocycles. The van der Waals surface area contributed by atoms with Gasteiger partial charge in [0.2, 0.25) is 5.78 Å². The molecule has 2 bridgehead atoms. The molecule has 6 rings (SSSR count). The third-order valence-electron chi connectivity index (χ3n) is 10.0. The number of amides is 2. The first kappa shape index (κ1) is 33.2. The van der Waals surface area contributed by atoms with Gasteiger partial charge in [0.15, 0.2) is 5.76 Å². The summed E-state index contributed by atoms with van der Waals surface area (Å²) in [4.78, 5) is 30.5. The first-order valence-electron chi connectivity index (χ1n) is 16.3. The lowest BCUT2D eigenvalue weighted by Gasteiger charge is -2.46. The molecule has 242 valence electrons. The van der Waals surface area contributed by atoms with Gasteiger partial charge in [-0.25, -0.2) is 4.79 Å². The Morgan fingerprint density at radius 1 is 1.16 bits per heavy atom. The predicted molar refractivity (Wildman–Crippen MR) is 179 cm³/mol. The molecule has 7 nitrogen and oxygen atoms in total. The number of nitrogens with zero attached hydrogens (tertiary/aromatic N) is 1. The van der Waals surface area contributed by atoms with E-state index in [9.17, 15) is 19.8 Å². The minimum atomic E-state index is -1.18. The molecule has 0 saturated heterocycles. The fraction of sp³-hybridized carbons (Fsp3) is 0.514. The summed E-state index contributed by atoms with van der Waals surface area (Å²) >= 11 is 1.67. The van der Waals surface area contributed by atoms with Crippen LogP contribution in [-0.4, -0.2) is 57.8 Å². The maximum atomic E-state index is 13.9. The van der Waals surface area contributed by atoms with E-state index in [4.69, 9.17) is 4.42 Å². The number of ketones is 1. The summed E-state index contributed by atoms with van der Waals surface area (Å²) in [5.41, 5.74) is 1.77. The van der Waals surface area contributed by atoms with E-state index in [0.717, 1.165) is 30.4 Å². The smallest absolute Gasteiger partial charge is 0.317 e. The van der Waals surface area contributed by atoms with Gasteiger partial charge in [-0.1, -0.05) is 36.8 Å². The van der Waals surface area contributed by atoms with E-state index >= 15 is 0 Å². The van der Waals surface area contributed by atoms with Crippen molar-refractivity contribution < 1.29 is 24.2 Å². The van der Waals surface area contributed by atoms with Gasteiger partial charge in [-0.05, 0) is 119 Å². The monoisotopic (exact) mass is 632 g/mol. The van der Waals surface area contributed by atoms with Crippen LogP contribution in [0, 0.1) is 5.41 Å². The minimum absolute atomic E-state index is 0.0297. The largest absolute Gasteiger partial charge is 0.461 e. The summed E-state index contributed by atoms with van der Waals surface area (Å²) in [6.07, 6.45) is 8.47. The minimum Gasteiger partial charge on any atom is -0.461 e. The van der Waals surface area contributed by atoms with Crippen molar-refractivity contribution in [3.63, 3.8) is 0 Å². The molecule has 0 spiro atoms. The molecule has 2 heterocycles. The number of carbonyl (C=O) groups is 2. The highest BCUT2D eigenvalue weighted by Gasteiger charge is 2.57. The number of allylic oxidation sites excluding steroid dienone is 2. The highest BCUT2D eigenvalue weighted by Crippen LogP contribution is 2.59. The van der Waals surface area contributed by atoms with Crippen molar-refractivity contribution >= 4 is 23.2 Å². The third kappa shape index (κ3) is 7.45. The molecule has 1 fully saturated rings. The average Bonchev–Trinajstić information content (AvgIpc) is 3.76. The van der Waals surface area contributed by atoms with E-state index < -0.39 is 17.1 Å². The SMILES string of the molecule is CC1=CCCC2(C)C(CCC2(O)CN(CCc2cccs2)C(=O)NC(C)C)c2ccc(cc2C(=O)c2ccco2)CC(O)CC1. The van der Waals surface area contributed by atoms with Gasteiger partial charge in [0.25, 0.3) is 0 Å². The number of rotatable bonds is 8. The summed E-state index contributed by atoms with van der Waals surface area (Å²) in [5.74, 6) is -0.0473. The van der Waals surface area contributed by atoms with Crippen molar-refractivity contribution in [2.24, 2.45) is 5.41 Å². The molecule has 0 aliphatic heterocycles. The van der Waals surface area contributed by atoms with E-state index in [1.54, 1.807) is 28.4 Å². The van der Waals surface area contributed by atoms with Gasteiger partial charge in [-0.3, -0.25) is 4.79 Å². The number of aliphatic hydroxyl groups excluding tert-OH is 1. The summed E-state index contributed by atoms with van der Waals surface area (Å²) in [6, 6.07) is 13.3. The number of hydrogen-bond donors (Lipinski definition) is 3. The molecule has 2 amide bonds. The Labute approximate surface area is 271 Å². The highest BCUT2D eigenvalue weighted by molar-refractivity contribution is 7.09. The average molecular weight is 633 g/mol. The van der Waals surface area contributed by atoms with Crippen LogP contribution in [0.1, 0.15) is 104 Å². The molecule has 4 atom stereocenters. The van der Waals surface area contributed by atoms with Gasteiger partial charge >= 0.3 is 6.03 Å². The first-order valence-corrected chi connectivity index (χ1v) is 17.2. The van der Waals surface area contributed by atoms with Crippen LogP contribution < -0.4 is 5.32 Å². The Bertz CT molecular complexity index is 1480. The van der Waals surface area contributed by atoms with Gasteiger partial charge in [0, 0.05) is 28.4 Å². The van der Waals surface area contributed by atoms with Crippen molar-refractivity contribution in [1.82, 2.24) is 10.2 Å². The quantitative estimate of drug-likeness (QED) is 0.179. The summed E-state index contributed by atoms with van der Waals surface area (Å²) in [5, 5.41) is 28.7. The van der Waals surface area contributed by atoms with Crippen molar-refractivity contribution in [2.45, 2.75) is 103 Å². The second-order valence-corrected chi connectivity index (χ2v) is 14.6. The standard InChI is InChI=1S/C37H48N2O5S/c1-25(2)38-35(42)39(19-16-29-9-7-21-45-29)24-37(43)18-15-32-30-14-12-27(23-31(30)34(41)33-10-6-20-44-33)22-28(40)13-11-26(3)8-5-17-36(32,37)4/h6-10,12,14,20-21,23,25,28,32,40,43H,5,11,13,15-19,22,24H2,1-4H3,(H,38,42). The van der Waals surface area contributed by atoms with Crippen LogP contribution in [0.4, 0.5) is 4.79 Å². The Morgan fingerprint density at radius 3 is 2.69 bits per heavy atom. The number of aliphatic hydroxyl groups is 2.